The topological polar surface area (TPSA) is 73.2 Å². The van der Waals surface area contributed by atoms with E-state index in [1.807, 2.05) is 4.90 Å². The van der Waals surface area contributed by atoms with Crippen LogP contribution in [0.1, 0.15) is 31.4 Å². The quantitative estimate of drug-likeness (QED) is 0.251. The van der Waals surface area contributed by atoms with E-state index in [1.54, 1.807) is 9.80 Å². The van der Waals surface area contributed by atoms with Crippen LogP contribution in [0.15, 0.2) is 42.5 Å². The molecule has 0 spiro atoms. The number of hydrogen-bond acceptors (Lipinski definition) is 6. The van der Waals surface area contributed by atoms with Crippen LogP contribution in [0.4, 0.5) is 43.4 Å². The van der Waals surface area contributed by atoms with Gasteiger partial charge in [0.05, 0.1) is 10.5 Å². The Morgan fingerprint density at radius 3 is 1.95 bits per heavy atom. The van der Waals surface area contributed by atoms with E-state index in [0.717, 1.165) is 24.3 Å². The Labute approximate surface area is 234 Å². The predicted molar refractivity (Wildman–Crippen MR) is 143 cm³/mol. The number of carbonyl (C=O) groups is 1. The lowest BCUT2D eigenvalue weighted by atomic mass is 10.1. The number of anilines is 2. The lowest BCUT2D eigenvalue weighted by molar-refractivity contribution is -0.388. The third kappa shape index (κ3) is 8.02. The molecule has 2 heterocycles. The molecule has 2 aliphatic rings. The summed E-state index contributed by atoms with van der Waals surface area (Å²) >= 11 is 0. The van der Waals surface area contributed by atoms with E-state index in [1.165, 1.54) is 18.2 Å². The van der Waals surface area contributed by atoms with E-state index in [9.17, 15) is 41.3 Å². The van der Waals surface area contributed by atoms with Crippen molar-refractivity contribution in [3.05, 3.63) is 63.7 Å². The van der Waals surface area contributed by atoms with E-state index in [0.29, 0.717) is 71.0 Å². The van der Waals surface area contributed by atoms with Crippen LogP contribution in [0.2, 0.25) is 0 Å². The molecule has 14 heteroatoms. The van der Waals surface area contributed by atoms with Gasteiger partial charge >= 0.3 is 12.4 Å². The first-order chi connectivity index (χ1) is 18.8. The molecule has 0 N–H and O–H groups in total. The molecule has 2 aromatic carbocycles. The number of carbonyl (C=O) groups excluding carboxylic acids is 1. The summed E-state index contributed by atoms with van der Waals surface area (Å²) in [6, 6.07) is 8.02. The highest BCUT2D eigenvalue weighted by atomic mass is 19.4. The minimum absolute atomic E-state index is 0. The number of hydrogen-bond donors (Lipinski definition) is 0. The molecule has 41 heavy (non-hydrogen) atoms. The zero-order valence-corrected chi connectivity index (χ0v) is 21.5. The summed E-state index contributed by atoms with van der Waals surface area (Å²) in [6.07, 6.45) is -8.43. The molecular weight excluding hydrogens is 556 g/mol. The van der Waals surface area contributed by atoms with Crippen molar-refractivity contribution in [1.29, 1.82) is 0 Å². The van der Waals surface area contributed by atoms with Crippen LogP contribution in [0.5, 0.6) is 0 Å². The van der Waals surface area contributed by atoms with E-state index >= 15 is 0 Å². The number of rotatable bonds is 6. The van der Waals surface area contributed by atoms with Gasteiger partial charge in [-0.3, -0.25) is 19.8 Å². The molecule has 2 saturated heterocycles. The molecular formula is C27H33F6N5O3. The maximum absolute atomic E-state index is 13.4. The molecule has 1 amide bonds. The zero-order valence-electron chi connectivity index (χ0n) is 21.5. The van der Waals surface area contributed by atoms with Gasteiger partial charge in [0.1, 0.15) is 5.56 Å². The summed E-state index contributed by atoms with van der Waals surface area (Å²) in [5, 5.41) is 11.0. The summed E-state index contributed by atoms with van der Waals surface area (Å²) in [6.45, 7) is 4.55. The minimum Gasteiger partial charge on any atom is -0.370 e. The first-order valence-electron chi connectivity index (χ1n) is 12.9. The predicted octanol–water partition coefficient (Wildman–Crippen LogP) is 5.52. The fourth-order valence-electron chi connectivity index (χ4n) is 5.03. The van der Waals surface area contributed by atoms with E-state index in [2.05, 4.69) is 4.90 Å². The molecule has 4 rings (SSSR count). The number of piperazine rings is 1. The summed E-state index contributed by atoms with van der Waals surface area (Å²) in [5.41, 5.74) is -2.05. The average Bonchev–Trinajstić information content (AvgIpc) is 3.17. The lowest BCUT2D eigenvalue weighted by Crippen LogP contribution is -2.47. The van der Waals surface area contributed by atoms with Gasteiger partial charge in [0.2, 0.25) is 5.91 Å². The monoisotopic (exact) mass is 589 g/mol. The Morgan fingerprint density at radius 2 is 1.37 bits per heavy atom. The molecule has 0 atom stereocenters. The molecule has 0 radical (unpaired) electrons. The van der Waals surface area contributed by atoms with Crippen molar-refractivity contribution in [1.82, 2.24) is 9.80 Å². The first-order valence-corrected chi connectivity index (χ1v) is 12.9. The molecule has 2 aliphatic heterocycles. The van der Waals surface area contributed by atoms with Gasteiger partial charge in [0, 0.05) is 82.8 Å². The Morgan fingerprint density at radius 1 is 0.780 bits per heavy atom. The fraction of sp³-hybridized carbons (Fsp3) is 0.519. The van der Waals surface area contributed by atoms with Crippen molar-refractivity contribution in [2.75, 3.05) is 68.7 Å². The number of nitro groups is 1. The molecule has 2 aromatic rings. The smallest absolute Gasteiger partial charge is 0.370 e. The van der Waals surface area contributed by atoms with E-state index < -0.39 is 34.1 Å². The van der Waals surface area contributed by atoms with Gasteiger partial charge in [0.25, 0.3) is 5.69 Å². The molecule has 0 unspecified atom stereocenters. The molecule has 0 bridgehead atoms. The molecule has 0 saturated carbocycles. The van der Waals surface area contributed by atoms with Crippen LogP contribution in [-0.2, 0) is 17.1 Å². The maximum atomic E-state index is 13.4. The Hall–Kier alpha value is -3.55. The van der Waals surface area contributed by atoms with Crippen LogP contribution in [-0.4, -0.2) is 79.5 Å². The highest BCUT2D eigenvalue weighted by Gasteiger charge is 2.39. The van der Waals surface area contributed by atoms with Crippen molar-refractivity contribution in [3.8, 4) is 0 Å². The summed E-state index contributed by atoms with van der Waals surface area (Å²) in [7, 11) is 0. The Kier molecular flexibility index (Phi) is 10.1. The van der Waals surface area contributed by atoms with Crippen LogP contribution in [0.25, 0.3) is 0 Å². The lowest BCUT2D eigenvalue weighted by Gasteiger charge is -2.36. The fourth-order valence-corrected chi connectivity index (χ4v) is 5.03. The van der Waals surface area contributed by atoms with Crippen molar-refractivity contribution < 1.29 is 36.1 Å². The summed E-state index contributed by atoms with van der Waals surface area (Å²) in [5.74, 6) is -0.0632. The maximum Gasteiger partial charge on any atom is 0.423 e. The Bertz CT molecular complexity index is 1200. The van der Waals surface area contributed by atoms with Crippen LogP contribution < -0.4 is 9.80 Å². The summed E-state index contributed by atoms with van der Waals surface area (Å²) < 4.78 is 78.5. The number of alkyl halides is 6. The average molecular weight is 590 g/mol. The van der Waals surface area contributed by atoms with E-state index in [-0.39, 0.29) is 25.4 Å². The third-order valence-corrected chi connectivity index (χ3v) is 7.27. The van der Waals surface area contributed by atoms with Gasteiger partial charge in [-0.1, -0.05) is 7.43 Å². The number of amides is 1. The number of benzene rings is 2. The van der Waals surface area contributed by atoms with Crippen LogP contribution in [0.3, 0.4) is 0 Å². The van der Waals surface area contributed by atoms with E-state index in [4.69, 9.17) is 0 Å². The second kappa shape index (κ2) is 13.0. The number of nitrogens with zero attached hydrogens (tertiary/aromatic N) is 5. The molecule has 226 valence electrons. The van der Waals surface area contributed by atoms with Gasteiger partial charge in [-0.25, -0.2) is 0 Å². The summed E-state index contributed by atoms with van der Waals surface area (Å²) in [4.78, 5) is 30.4. The second-order valence-electron chi connectivity index (χ2n) is 9.80. The molecule has 2 fully saturated rings. The zero-order chi connectivity index (χ0) is 29.1. The van der Waals surface area contributed by atoms with Crippen LogP contribution in [0, 0.1) is 10.1 Å². The standard InChI is InChI=1S/C26H29F6N5O3.CH4/c27-25(28,29)19-2-4-20(5-3-19)35-14-12-33(13-15-35)11-8-24(38)36-10-1-9-34(16-17-36)21-6-7-23(37(39)40)22(18-21)26(30,31)32;/h2-7,18H,1,8-17H2;1H4. The van der Waals surface area contributed by atoms with Gasteiger partial charge in [-0.05, 0) is 42.8 Å². The Balaban J connectivity index is 0.00000462. The molecule has 0 aliphatic carbocycles. The van der Waals surface area contributed by atoms with Crippen molar-refractivity contribution in [2.45, 2.75) is 32.6 Å². The first kappa shape index (κ1) is 32.0. The molecule has 0 aromatic heterocycles. The highest BCUT2D eigenvalue weighted by molar-refractivity contribution is 5.76. The van der Waals surface area contributed by atoms with Gasteiger partial charge in [-0.15, -0.1) is 0 Å². The minimum atomic E-state index is -4.87. The largest absolute Gasteiger partial charge is 0.423 e. The van der Waals surface area contributed by atoms with Gasteiger partial charge in [-0.2, -0.15) is 26.3 Å². The number of halogens is 6. The highest BCUT2D eigenvalue weighted by Crippen LogP contribution is 2.38. The third-order valence-electron chi connectivity index (χ3n) is 7.27. The van der Waals surface area contributed by atoms with Gasteiger partial charge < -0.3 is 14.7 Å². The second-order valence-corrected chi connectivity index (χ2v) is 9.80. The van der Waals surface area contributed by atoms with Crippen molar-refractivity contribution in [2.24, 2.45) is 0 Å². The number of nitro benzene ring substituents is 1. The van der Waals surface area contributed by atoms with Crippen molar-refractivity contribution in [3.63, 3.8) is 0 Å². The van der Waals surface area contributed by atoms with Crippen molar-refractivity contribution >= 4 is 23.0 Å². The van der Waals surface area contributed by atoms with Crippen LogP contribution >= 0.6 is 0 Å². The molecule has 8 nitrogen and oxygen atoms in total. The van der Waals surface area contributed by atoms with Gasteiger partial charge in [0.15, 0.2) is 0 Å². The SMILES string of the molecule is C.O=C(CCN1CCN(c2ccc(C(F)(F)F)cc2)CC1)N1CCCN(c2ccc([N+](=O)[O-])c(C(F)(F)F)c2)CC1. The normalized spacial score (nSPS) is 17.2.